The maximum absolute atomic E-state index is 13.4. The van der Waals surface area contributed by atoms with Crippen LogP contribution in [0.1, 0.15) is 111 Å². The van der Waals surface area contributed by atoms with Gasteiger partial charge in [-0.2, -0.15) is 13.2 Å². The number of aliphatic hydroxyl groups is 1. The van der Waals surface area contributed by atoms with Crippen LogP contribution in [0.5, 0.6) is 0 Å². The molecule has 0 saturated heterocycles. The Morgan fingerprint density at radius 1 is 1.09 bits per heavy atom. The SMILES string of the molecule is Cc1c2c(nc3c1C(O)c1ccc(C(F)(F)F)cc1C3C)CC(C)(C)CC2O[Si](C)(C)C(C)(C)C. The standard InChI is InChI=1S/C28H38F3NO2Si/c1-15-19-12-17(28(29,30)31)10-11-18(19)25(33)23-16(2)22-20(32-24(15)23)13-27(6,7)14-21(22)34-35(8,9)26(3,4)5/h10-12,15,21,25,33H,13-14H2,1-9H3. The molecular weight excluding hydrogens is 467 g/mol. The summed E-state index contributed by atoms with van der Waals surface area (Å²) >= 11 is 0. The van der Waals surface area contributed by atoms with Gasteiger partial charge in [0.2, 0.25) is 0 Å². The minimum absolute atomic E-state index is 0.0222. The second kappa shape index (κ2) is 8.15. The van der Waals surface area contributed by atoms with Crippen molar-refractivity contribution >= 4 is 8.32 Å². The third kappa shape index (κ3) is 4.49. The van der Waals surface area contributed by atoms with Gasteiger partial charge in [0.15, 0.2) is 8.32 Å². The van der Waals surface area contributed by atoms with E-state index in [1.165, 1.54) is 12.1 Å². The molecule has 0 saturated carbocycles. The molecule has 35 heavy (non-hydrogen) atoms. The van der Waals surface area contributed by atoms with Crippen LogP contribution in [0.15, 0.2) is 18.2 Å². The normalized spacial score (nSPS) is 24.0. The molecule has 0 spiro atoms. The van der Waals surface area contributed by atoms with Gasteiger partial charge in [0.25, 0.3) is 0 Å². The smallest absolute Gasteiger partial charge is 0.410 e. The summed E-state index contributed by atoms with van der Waals surface area (Å²) in [6, 6.07) is 3.66. The van der Waals surface area contributed by atoms with E-state index in [0.29, 0.717) is 16.8 Å². The summed E-state index contributed by atoms with van der Waals surface area (Å²) in [5, 5.41) is 11.5. The first-order valence-corrected chi connectivity index (χ1v) is 15.3. The highest BCUT2D eigenvalue weighted by Crippen LogP contribution is 2.51. The van der Waals surface area contributed by atoms with Crippen molar-refractivity contribution in [1.29, 1.82) is 0 Å². The monoisotopic (exact) mass is 505 g/mol. The highest BCUT2D eigenvalue weighted by molar-refractivity contribution is 6.74. The van der Waals surface area contributed by atoms with E-state index >= 15 is 0 Å². The quantitative estimate of drug-likeness (QED) is 0.421. The largest absolute Gasteiger partial charge is 0.416 e. The zero-order valence-electron chi connectivity index (χ0n) is 22.3. The van der Waals surface area contributed by atoms with Crippen LogP contribution in [0, 0.1) is 12.3 Å². The summed E-state index contributed by atoms with van der Waals surface area (Å²) in [6.07, 6.45) is -3.93. The van der Waals surface area contributed by atoms with Gasteiger partial charge in [-0.15, -0.1) is 0 Å². The Labute approximate surface area is 208 Å². The fourth-order valence-corrected chi connectivity index (χ4v) is 6.76. The third-order valence-corrected chi connectivity index (χ3v) is 12.9. The molecule has 2 aliphatic rings. The van der Waals surface area contributed by atoms with E-state index in [9.17, 15) is 18.3 Å². The summed E-state index contributed by atoms with van der Waals surface area (Å²) in [5.74, 6) is -0.348. The molecule has 1 N–H and O–H groups in total. The van der Waals surface area contributed by atoms with E-state index in [1.54, 1.807) is 0 Å². The van der Waals surface area contributed by atoms with Crippen molar-refractivity contribution in [2.75, 3.05) is 0 Å². The molecule has 3 nitrogen and oxygen atoms in total. The van der Waals surface area contributed by atoms with Crippen LogP contribution in [-0.4, -0.2) is 18.4 Å². The van der Waals surface area contributed by atoms with Crippen LogP contribution in [0.3, 0.4) is 0 Å². The lowest BCUT2D eigenvalue weighted by Crippen LogP contribution is -2.44. The highest BCUT2D eigenvalue weighted by atomic mass is 28.4. The summed E-state index contributed by atoms with van der Waals surface area (Å²) in [7, 11) is -2.09. The third-order valence-electron chi connectivity index (χ3n) is 8.46. The molecule has 1 aromatic carbocycles. The van der Waals surface area contributed by atoms with Crippen molar-refractivity contribution in [1.82, 2.24) is 4.98 Å². The predicted molar refractivity (Wildman–Crippen MR) is 135 cm³/mol. The van der Waals surface area contributed by atoms with Gasteiger partial charge < -0.3 is 9.53 Å². The number of halogens is 3. The molecule has 3 unspecified atom stereocenters. The molecule has 1 heterocycles. The Kier molecular flexibility index (Phi) is 6.14. The predicted octanol–water partition coefficient (Wildman–Crippen LogP) is 7.99. The molecule has 0 fully saturated rings. The summed E-state index contributed by atoms with van der Waals surface area (Å²) in [6.45, 7) is 19.5. The van der Waals surface area contributed by atoms with E-state index < -0.39 is 26.2 Å². The Morgan fingerprint density at radius 3 is 2.29 bits per heavy atom. The number of benzene rings is 1. The van der Waals surface area contributed by atoms with Gasteiger partial charge in [0, 0.05) is 22.7 Å². The molecule has 0 bridgehead atoms. The number of alkyl halides is 3. The average Bonchev–Trinajstić information content (AvgIpc) is 2.68. The number of rotatable bonds is 2. The molecule has 4 rings (SSSR count). The molecule has 0 radical (unpaired) electrons. The van der Waals surface area contributed by atoms with E-state index in [4.69, 9.17) is 9.41 Å². The van der Waals surface area contributed by atoms with Crippen molar-refractivity contribution in [3.05, 3.63) is 63.0 Å². The number of pyridine rings is 1. The highest BCUT2D eigenvalue weighted by Gasteiger charge is 2.45. The molecule has 7 heteroatoms. The van der Waals surface area contributed by atoms with Gasteiger partial charge in [-0.25, -0.2) is 0 Å². The van der Waals surface area contributed by atoms with Gasteiger partial charge >= 0.3 is 6.18 Å². The minimum Gasteiger partial charge on any atom is -0.410 e. The van der Waals surface area contributed by atoms with Crippen LogP contribution >= 0.6 is 0 Å². The van der Waals surface area contributed by atoms with Crippen LogP contribution in [0.2, 0.25) is 18.1 Å². The molecular formula is C28H38F3NO2Si. The lowest BCUT2D eigenvalue weighted by atomic mass is 9.71. The molecule has 3 atom stereocenters. The first-order chi connectivity index (χ1) is 15.8. The minimum atomic E-state index is -4.43. The molecule has 0 amide bonds. The van der Waals surface area contributed by atoms with Gasteiger partial charge in [-0.1, -0.05) is 47.6 Å². The average molecular weight is 506 g/mol. The van der Waals surface area contributed by atoms with Crippen LogP contribution in [0.4, 0.5) is 13.2 Å². The van der Waals surface area contributed by atoms with Crippen molar-refractivity contribution in [2.24, 2.45) is 5.41 Å². The fourth-order valence-electron chi connectivity index (χ4n) is 5.50. The first-order valence-electron chi connectivity index (χ1n) is 12.4. The number of hydrogen-bond acceptors (Lipinski definition) is 3. The van der Waals surface area contributed by atoms with E-state index in [0.717, 1.165) is 41.3 Å². The first kappa shape index (κ1) is 26.4. The van der Waals surface area contributed by atoms with Crippen molar-refractivity contribution < 1.29 is 22.7 Å². The number of aromatic nitrogens is 1. The Balaban J connectivity index is 1.88. The van der Waals surface area contributed by atoms with Gasteiger partial charge in [0.1, 0.15) is 6.10 Å². The number of aliphatic hydroxyl groups excluding tert-OH is 1. The van der Waals surface area contributed by atoms with Crippen LogP contribution in [0.25, 0.3) is 0 Å². The van der Waals surface area contributed by atoms with Crippen molar-refractivity contribution in [2.45, 2.75) is 104 Å². The van der Waals surface area contributed by atoms with E-state index in [1.807, 2.05) is 13.8 Å². The van der Waals surface area contributed by atoms with Gasteiger partial charge in [-0.05, 0) is 72.1 Å². The van der Waals surface area contributed by atoms with Crippen LogP contribution < -0.4 is 0 Å². The second-order valence-electron chi connectivity index (χ2n) is 12.8. The zero-order valence-corrected chi connectivity index (χ0v) is 23.3. The maximum Gasteiger partial charge on any atom is 0.416 e. The Bertz CT molecular complexity index is 1160. The zero-order chi connectivity index (χ0) is 26.3. The topological polar surface area (TPSA) is 42.4 Å². The van der Waals surface area contributed by atoms with E-state index in [-0.39, 0.29) is 22.5 Å². The second-order valence-corrected chi connectivity index (χ2v) is 17.5. The van der Waals surface area contributed by atoms with Gasteiger partial charge in [0.05, 0.1) is 17.4 Å². The number of hydrogen-bond donors (Lipinski definition) is 1. The fraction of sp³-hybridized carbons (Fsp3) is 0.607. The molecule has 192 valence electrons. The number of fused-ring (bicyclic) bond motifs is 3. The summed E-state index contributed by atoms with van der Waals surface area (Å²) in [4.78, 5) is 5.07. The molecule has 0 aliphatic heterocycles. The summed E-state index contributed by atoms with van der Waals surface area (Å²) in [5.41, 5.74) is 4.70. The molecule has 2 aromatic rings. The molecule has 1 aromatic heterocycles. The Morgan fingerprint density at radius 2 is 1.71 bits per heavy atom. The number of nitrogens with zero attached hydrogens (tertiary/aromatic N) is 1. The maximum atomic E-state index is 13.4. The van der Waals surface area contributed by atoms with E-state index in [2.05, 4.69) is 47.7 Å². The van der Waals surface area contributed by atoms with Crippen molar-refractivity contribution in [3.8, 4) is 0 Å². The lowest BCUT2D eigenvalue weighted by molar-refractivity contribution is -0.137. The lowest BCUT2D eigenvalue weighted by Gasteiger charge is -2.45. The van der Waals surface area contributed by atoms with Gasteiger partial charge in [-0.3, -0.25) is 4.98 Å². The van der Waals surface area contributed by atoms with Crippen molar-refractivity contribution in [3.63, 3.8) is 0 Å². The summed E-state index contributed by atoms with van der Waals surface area (Å²) < 4.78 is 47.2. The Hall–Kier alpha value is -1.70. The molecule has 2 aliphatic carbocycles. The van der Waals surface area contributed by atoms with Crippen LogP contribution in [-0.2, 0) is 17.0 Å².